The normalized spacial score (nSPS) is 16.3. The molecule has 0 amide bonds. The lowest BCUT2D eigenvalue weighted by atomic mass is 10.0. The van der Waals surface area contributed by atoms with Gasteiger partial charge in [-0.3, -0.25) is 0 Å². The molecule has 0 atom stereocenters. The van der Waals surface area contributed by atoms with Gasteiger partial charge in [-0.1, -0.05) is 0 Å². The van der Waals surface area contributed by atoms with Crippen molar-refractivity contribution in [3.63, 3.8) is 0 Å². The first-order valence-corrected chi connectivity index (χ1v) is 5.40. The van der Waals surface area contributed by atoms with Gasteiger partial charge in [-0.25, -0.2) is 9.13 Å². The van der Waals surface area contributed by atoms with Gasteiger partial charge in [-0.2, -0.15) is 61.5 Å². The number of rotatable bonds is 7. The number of carboxylic acid groups (broad SMARTS) is 1. The Bertz CT molecular complexity index is 617. The van der Waals surface area contributed by atoms with E-state index in [0.717, 1.165) is 0 Å². The van der Waals surface area contributed by atoms with Gasteiger partial charge in [0.25, 0.3) is 0 Å². The number of carboxylic acids is 1. The van der Waals surface area contributed by atoms with Crippen molar-refractivity contribution in [3.8, 4) is 0 Å². The zero-order valence-corrected chi connectivity index (χ0v) is 11.4. The van der Waals surface area contributed by atoms with Gasteiger partial charge in [0, 0.05) is 0 Å². The van der Waals surface area contributed by atoms with E-state index < -0.39 is 53.8 Å². The average molecular weight is 441 g/mol. The van der Waals surface area contributed by atoms with Crippen LogP contribution in [0.15, 0.2) is 11.7 Å². The van der Waals surface area contributed by atoms with E-state index in [1.54, 1.807) is 0 Å². The summed E-state index contributed by atoms with van der Waals surface area (Å²) in [4.78, 5) is 9.64. The Balaban J connectivity index is 6.35. The van der Waals surface area contributed by atoms with Crippen molar-refractivity contribution in [1.29, 1.82) is 0 Å². The average Bonchev–Trinajstić information content (AvgIpc) is 2.42. The second kappa shape index (κ2) is 6.62. The van der Waals surface area contributed by atoms with E-state index in [4.69, 9.17) is 0 Å². The summed E-state index contributed by atoms with van der Waals surface area (Å²) in [6.45, 7) is 0. The van der Waals surface area contributed by atoms with Crippen LogP contribution < -0.4 is 5.11 Å². The Hall–Kier alpha value is -1.88. The molecule has 0 rings (SSSR count). The van der Waals surface area contributed by atoms with Gasteiger partial charge in [-0.05, 0) is 0 Å². The number of alkyl halides is 13. The molecule has 0 unspecified atom stereocenters. The standard InChI is InChI=1S/C9HF15O3/c10-1(2(11)5(14,15)16)4(12,13)7(19,20)8(21,22)9(23,24)27-6(17,18)3(25)26/h(H,25,26)/p-1/b2-1+. The highest BCUT2D eigenvalue weighted by Gasteiger charge is 2.84. The molecule has 0 aromatic heterocycles. The molecule has 0 aliphatic rings. The lowest BCUT2D eigenvalue weighted by Crippen LogP contribution is -2.65. The maximum Gasteiger partial charge on any atom is 0.445 e. The number of carbonyl (C=O) groups is 1. The van der Waals surface area contributed by atoms with Gasteiger partial charge >= 0.3 is 36.2 Å². The van der Waals surface area contributed by atoms with E-state index >= 15 is 0 Å². The quantitative estimate of drug-likeness (QED) is 0.569. The molecule has 160 valence electrons. The van der Waals surface area contributed by atoms with Crippen LogP contribution in [-0.2, 0) is 9.53 Å². The molecule has 3 nitrogen and oxygen atoms in total. The Labute approximate surface area is 136 Å². The van der Waals surface area contributed by atoms with Crippen LogP contribution in [0, 0.1) is 0 Å². The highest BCUT2D eigenvalue weighted by molar-refractivity contribution is 5.71. The molecule has 0 N–H and O–H groups in total. The van der Waals surface area contributed by atoms with Crippen molar-refractivity contribution >= 4 is 5.97 Å². The van der Waals surface area contributed by atoms with E-state index in [1.807, 2.05) is 0 Å². The van der Waals surface area contributed by atoms with E-state index in [1.165, 1.54) is 4.74 Å². The third-order valence-corrected chi connectivity index (χ3v) is 2.37. The number of allylic oxidation sites excluding steroid dienone is 2. The number of hydrogen-bond acceptors (Lipinski definition) is 3. The molecule has 0 aromatic rings. The molecule has 0 saturated heterocycles. The predicted octanol–water partition coefficient (Wildman–Crippen LogP) is 3.56. The van der Waals surface area contributed by atoms with Crippen LogP contribution in [0.3, 0.4) is 0 Å². The van der Waals surface area contributed by atoms with Gasteiger partial charge in [0.05, 0.1) is 0 Å². The summed E-state index contributed by atoms with van der Waals surface area (Å²) >= 11 is 0. The van der Waals surface area contributed by atoms with Crippen molar-refractivity contribution < 1.29 is 80.5 Å². The first-order chi connectivity index (χ1) is 11.5. The maximum atomic E-state index is 13.0. The molecule has 18 heteroatoms. The Morgan fingerprint density at radius 1 is 0.667 bits per heavy atom. The molecule has 0 saturated carbocycles. The van der Waals surface area contributed by atoms with Crippen molar-refractivity contribution in [2.75, 3.05) is 0 Å². The fourth-order valence-corrected chi connectivity index (χ4v) is 1.05. The maximum absolute atomic E-state index is 13.0. The number of aliphatic carboxylic acids is 1. The van der Waals surface area contributed by atoms with Crippen molar-refractivity contribution in [3.05, 3.63) is 11.7 Å². The number of halogens is 15. The molecule has 0 aliphatic carbocycles. The topological polar surface area (TPSA) is 49.4 Å². The summed E-state index contributed by atoms with van der Waals surface area (Å²) in [6, 6.07) is 0. The largest absolute Gasteiger partial charge is 0.542 e. The monoisotopic (exact) mass is 441 g/mol. The van der Waals surface area contributed by atoms with Crippen LogP contribution in [0.1, 0.15) is 0 Å². The lowest BCUT2D eigenvalue weighted by molar-refractivity contribution is -0.475. The summed E-state index contributed by atoms with van der Waals surface area (Å²) < 4.78 is 189. The number of hydrogen-bond donors (Lipinski definition) is 0. The first kappa shape index (κ1) is 25.1. The summed E-state index contributed by atoms with van der Waals surface area (Å²) in [6.07, 6.45) is -20.9. The SMILES string of the molecule is O=C([O-])C(F)(F)OC(F)(F)C(F)(F)C(F)(F)C(F)(F)/C(F)=C(\F)C(F)(F)F. The second-order valence-electron chi connectivity index (χ2n) is 4.27. The van der Waals surface area contributed by atoms with Crippen molar-refractivity contribution in [2.45, 2.75) is 36.2 Å². The van der Waals surface area contributed by atoms with E-state index in [-0.39, 0.29) is 0 Å². The fraction of sp³-hybridized carbons (Fsp3) is 0.667. The van der Waals surface area contributed by atoms with Crippen LogP contribution >= 0.6 is 0 Å². The van der Waals surface area contributed by atoms with Gasteiger partial charge in [-0.15, -0.1) is 0 Å². The summed E-state index contributed by atoms with van der Waals surface area (Å²) in [5, 5.41) is 9.64. The molecule has 27 heavy (non-hydrogen) atoms. The number of ether oxygens (including phenoxy) is 1. The summed E-state index contributed by atoms with van der Waals surface area (Å²) in [5.41, 5.74) is 0. The van der Waals surface area contributed by atoms with Crippen LogP contribution in [0.4, 0.5) is 65.9 Å². The zero-order chi connectivity index (χ0) is 22.4. The Morgan fingerprint density at radius 2 is 1.04 bits per heavy atom. The smallest absolute Gasteiger partial charge is 0.445 e. The first-order valence-electron chi connectivity index (χ1n) is 5.40. The van der Waals surface area contributed by atoms with E-state index in [9.17, 15) is 75.8 Å². The Kier molecular flexibility index (Phi) is 6.16. The van der Waals surface area contributed by atoms with E-state index in [0.29, 0.717) is 0 Å². The highest BCUT2D eigenvalue weighted by Crippen LogP contribution is 2.57. The molecule has 0 radical (unpaired) electrons. The van der Waals surface area contributed by atoms with Crippen LogP contribution in [-0.4, -0.2) is 42.1 Å². The summed E-state index contributed by atoms with van der Waals surface area (Å²) in [5.74, 6) is -37.5. The van der Waals surface area contributed by atoms with Crippen molar-refractivity contribution in [1.82, 2.24) is 0 Å². The minimum atomic E-state index is -8.06. The molecule has 0 spiro atoms. The zero-order valence-electron chi connectivity index (χ0n) is 11.4. The van der Waals surface area contributed by atoms with Gasteiger partial charge in [0.15, 0.2) is 0 Å². The predicted molar refractivity (Wildman–Crippen MR) is 46.1 cm³/mol. The highest BCUT2D eigenvalue weighted by atomic mass is 19.4. The molecule has 0 bridgehead atoms. The molecular weight excluding hydrogens is 441 g/mol. The third-order valence-electron chi connectivity index (χ3n) is 2.37. The van der Waals surface area contributed by atoms with Gasteiger partial charge in [0.2, 0.25) is 11.7 Å². The molecule has 0 aliphatic heterocycles. The van der Waals surface area contributed by atoms with Gasteiger partial charge < -0.3 is 9.90 Å². The number of carbonyl (C=O) groups excluding carboxylic acids is 1. The molecule has 0 aromatic carbocycles. The molecule has 0 fully saturated rings. The molecular formula is C9F15O3-. The van der Waals surface area contributed by atoms with Crippen LogP contribution in [0.2, 0.25) is 0 Å². The van der Waals surface area contributed by atoms with Crippen LogP contribution in [0.25, 0.3) is 0 Å². The third kappa shape index (κ3) is 4.18. The molecule has 0 heterocycles. The minimum Gasteiger partial charge on any atom is -0.542 e. The van der Waals surface area contributed by atoms with Crippen molar-refractivity contribution in [2.24, 2.45) is 0 Å². The fourth-order valence-electron chi connectivity index (χ4n) is 1.05. The van der Waals surface area contributed by atoms with Crippen LogP contribution in [0.5, 0.6) is 0 Å². The second-order valence-corrected chi connectivity index (χ2v) is 4.27. The lowest BCUT2D eigenvalue weighted by Gasteiger charge is -2.36. The van der Waals surface area contributed by atoms with E-state index in [2.05, 4.69) is 0 Å². The van der Waals surface area contributed by atoms with Gasteiger partial charge in [0.1, 0.15) is 5.97 Å². The Morgan fingerprint density at radius 3 is 1.33 bits per heavy atom. The summed E-state index contributed by atoms with van der Waals surface area (Å²) in [7, 11) is 0. The minimum absolute atomic E-state index is 1.49.